The molecule has 2 aromatic heterocycles. The first-order chi connectivity index (χ1) is 12.7. The van der Waals surface area contributed by atoms with Crippen molar-refractivity contribution in [1.29, 1.82) is 0 Å². The zero-order valence-electron chi connectivity index (χ0n) is 17.0. The molecule has 0 radical (unpaired) electrons. The lowest BCUT2D eigenvalue weighted by molar-refractivity contribution is -0.697. The van der Waals surface area contributed by atoms with E-state index in [-0.39, 0.29) is 0 Å². The van der Waals surface area contributed by atoms with E-state index < -0.39 is 10.4 Å². The minimum absolute atomic E-state index is 1.07. The smallest absolute Gasteiger partial charge is 0.243 e. The summed E-state index contributed by atoms with van der Waals surface area (Å²) in [5, 5.41) is 0. The topological polar surface area (TPSA) is 97.9 Å². The molecule has 0 aliphatic heterocycles. The second kappa shape index (κ2) is 14.4. The van der Waals surface area contributed by atoms with Gasteiger partial charge in [0.2, 0.25) is 12.7 Å². The van der Waals surface area contributed by atoms with E-state index in [4.69, 9.17) is 17.5 Å². The van der Waals surface area contributed by atoms with Crippen LogP contribution < -0.4 is 9.13 Å². The van der Waals surface area contributed by atoms with Gasteiger partial charge in [0.05, 0.1) is 26.2 Å². The third-order valence-electron chi connectivity index (χ3n) is 3.76. The summed E-state index contributed by atoms with van der Waals surface area (Å²) in [5.41, 5.74) is 0. The second-order valence-corrected chi connectivity index (χ2v) is 6.90. The molecule has 0 spiro atoms. The average Bonchev–Trinajstić information content (AvgIpc) is 3.26. The highest BCUT2D eigenvalue weighted by atomic mass is 32.3. The summed E-state index contributed by atoms with van der Waals surface area (Å²) in [7, 11) is -5.17. The van der Waals surface area contributed by atoms with Gasteiger partial charge in [0, 0.05) is 10.4 Å². The first-order valence-electron chi connectivity index (χ1n) is 9.49. The van der Waals surface area contributed by atoms with E-state index in [0.717, 1.165) is 26.2 Å². The van der Waals surface area contributed by atoms with Crippen molar-refractivity contribution in [3.8, 4) is 0 Å². The highest BCUT2D eigenvalue weighted by molar-refractivity contribution is 7.79. The van der Waals surface area contributed by atoms with Gasteiger partial charge in [0.1, 0.15) is 24.8 Å². The minimum atomic E-state index is -5.17. The first kappa shape index (κ1) is 25.3. The molecule has 0 saturated carbocycles. The summed E-state index contributed by atoms with van der Waals surface area (Å²) in [6, 6.07) is 0. The number of aryl methyl sites for hydroxylation is 4. The van der Waals surface area contributed by atoms with E-state index >= 15 is 0 Å². The van der Waals surface area contributed by atoms with Gasteiger partial charge in [-0.05, 0) is 26.7 Å². The van der Waals surface area contributed by atoms with Gasteiger partial charge in [-0.15, -0.1) is 0 Å². The van der Waals surface area contributed by atoms with Crippen LogP contribution in [0.1, 0.15) is 53.4 Å². The summed E-state index contributed by atoms with van der Waals surface area (Å²) >= 11 is 0. The maximum absolute atomic E-state index is 8.52. The van der Waals surface area contributed by atoms with Crippen molar-refractivity contribution in [2.75, 3.05) is 0 Å². The number of aromatic nitrogens is 4. The standard InChI is InChI=1S/2C9H17N2.H2O4S/c2*1-3-5-6-11-8-7-10(4-2)9-11;1-5(2,3)4/h2*7-9H,3-6H2,1-2H3;(H2,1,2,3,4)/q2*+1;/p-2. The molecule has 0 fully saturated rings. The zero-order chi connectivity index (χ0) is 20.7. The van der Waals surface area contributed by atoms with Crippen molar-refractivity contribution in [3.63, 3.8) is 0 Å². The lowest BCUT2D eigenvalue weighted by Crippen LogP contribution is -2.30. The Kier molecular flexibility index (Phi) is 13.5. The van der Waals surface area contributed by atoms with E-state index in [1.807, 2.05) is 0 Å². The van der Waals surface area contributed by atoms with Crippen molar-refractivity contribution in [3.05, 3.63) is 37.4 Å². The molecule has 0 aromatic carbocycles. The molecule has 0 amide bonds. The molecule has 156 valence electrons. The van der Waals surface area contributed by atoms with E-state index in [0.29, 0.717) is 0 Å². The molecule has 27 heavy (non-hydrogen) atoms. The van der Waals surface area contributed by atoms with Crippen molar-refractivity contribution in [2.24, 2.45) is 0 Å². The maximum atomic E-state index is 8.52. The van der Waals surface area contributed by atoms with Crippen molar-refractivity contribution < 1.29 is 26.7 Å². The van der Waals surface area contributed by atoms with Crippen molar-refractivity contribution in [2.45, 2.75) is 79.6 Å². The van der Waals surface area contributed by atoms with E-state index in [1.54, 1.807) is 0 Å². The van der Waals surface area contributed by atoms with Gasteiger partial charge >= 0.3 is 0 Å². The Morgan fingerprint density at radius 3 is 1.33 bits per heavy atom. The van der Waals surface area contributed by atoms with Crippen LogP contribution in [0, 0.1) is 0 Å². The Hall–Kier alpha value is -1.71. The second-order valence-electron chi connectivity index (χ2n) is 6.08. The van der Waals surface area contributed by atoms with Gasteiger partial charge in [0.15, 0.2) is 0 Å². The summed E-state index contributed by atoms with van der Waals surface area (Å²) in [6.45, 7) is 13.2. The molecule has 2 rings (SSSR count). The lowest BCUT2D eigenvalue weighted by Gasteiger charge is -2.06. The van der Waals surface area contributed by atoms with Crippen molar-refractivity contribution >= 4 is 10.4 Å². The molecule has 0 aliphatic rings. The SMILES string of the molecule is CCCC[n+]1ccn(CC)c1.CCCC[n+]1ccn(CC)c1.O=S(=O)([O-])[O-]. The Balaban J connectivity index is 0.000000405. The average molecular weight is 403 g/mol. The molecule has 2 heterocycles. The molecular formula is C18H34N4O4S. The fourth-order valence-corrected chi connectivity index (χ4v) is 2.20. The van der Waals surface area contributed by atoms with Crippen LogP contribution in [-0.2, 0) is 36.6 Å². The van der Waals surface area contributed by atoms with Crippen LogP contribution in [0.3, 0.4) is 0 Å². The highest BCUT2D eigenvalue weighted by Gasteiger charge is 1.99. The van der Waals surface area contributed by atoms with Crippen LogP contribution in [0.4, 0.5) is 0 Å². The number of hydrogen-bond acceptors (Lipinski definition) is 4. The normalized spacial score (nSPS) is 10.6. The van der Waals surface area contributed by atoms with Gasteiger partial charge < -0.3 is 9.11 Å². The number of unbranched alkanes of at least 4 members (excludes halogenated alkanes) is 2. The predicted molar refractivity (Wildman–Crippen MR) is 101 cm³/mol. The van der Waals surface area contributed by atoms with E-state index in [9.17, 15) is 0 Å². The van der Waals surface area contributed by atoms with Gasteiger partial charge in [-0.3, -0.25) is 8.42 Å². The molecule has 0 aliphatic carbocycles. The van der Waals surface area contributed by atoms with Crippen LogP contribution in [0.5, 0.6) is 0 Å². The predicted octanol–water partition coefficient (Wildman–Crippen LogP) is 1.85. The molecule has 9 heteroatoms. The minimum Gasteiger partial charge on any atom is -0.759 e. The van der Waals surface area contributed by atoms with E-state index in [1.165, 1.54) is 25.7 Å². The fraction of sp³-hybridized carbons (Fsp3) is 0.667. The Labute approximate surface area is 163 Å². The van der Waals surface area contributed by atoms with Crippen LogP contribution in [0.15, 0.2) is 37.4 Å². The molecule has 2 aromatic rings. The van der Waals surface area contributed by atoms with E-state index in [2.05, 4.69) is 83.4 Å². The highest BCUT2D eigenvalue weighted by Crippen LogP contribution is 1.88. The number of imidazole rings is 2. The third kappa shape index (κ3) is 15.1. The number of nitrogens with zero attached hydrogens (tertiary/aromatic N) is 4. The fourth-order valence-electron chi connectivity index (χ4n) is 2.20. The number of rotatable bonds is 8. The molecule has 0 unspecified atom stereocenters. The Morgan fingerprint density at radius 1 is 0.778 bits per heavy atom. The lowest BCUT2D eigenvalue weighted by atomic mass is 10.3. The summed E-state index contributed by atoms with van der Waals surface area (Å²) in [5.74, 6) is 0. The third-order valence-corrected chi connectivity index (χ3v) is 3.76. The molecule has 8 nitrogen and oxygen atoms in total. The number of hydrogen-bond donors (Lipinski definition) is 0. The monoisotopic (exact) mass is 402 g/mol. The molecular weight excluding hydrogens is 368 g/mol. The molecule has 0 saturated heterocycles. The first-order valence-corrected chi connectivity index (χ1v) is 10.8. The van der Waals surface area contributed by atoms with Gasteiger partial charge in [-0.2, -0.15) is 0 Å². The molecule has 0 atom stereocenters. The summed E-state index contributed by atoms with van der Waals surface area (Å²) < 4.78 is 42.9. The van der Waals surface area contributed by atoms with Crippen LogP contribution in [-0.4, -0.2) is 26.7 Å². The Morgan fingerprint density at radius 2 is 1.11 bits per heavy atom. The summed E-state index contributed by atoms with van der Waals surface area (Å²) in [4.78, 5) is 0. The van der Waals surface area contributed by atoms with Crippen LogP contribution in [0.2, 0.25) is 0 Å². The van der Waals surface area contributed by atoms with Gasteiger partial charge in [-0.1, -0.05) is 26.7 Å². The van der Waals surface area contributed by atoms with Crippen molar-refractivity contribution in [1.82, 2.24) is 9.13 Å². The van der Waals surface area contributed by atoms with Crippen LogP contribution >= 0.6 is 0 Å². The van der Waals surface area contributed by atoms with Crippen LogP contribution in [0.25, 0.3) is 0 Å². The summed E-state index contributed by atoms with van der Waals surface area (Å²) in [6.07, 6.45) is 17.9. The molecule has 0 bridgehead atoms. The zero-order valence-corrected chi connectivity index (χ0v) is 17.8. The molecule has 0 N–H and O–H groups in total. The maximum Gasteiger partial charge on any atom is 0.243 e. The Bertz CT molecular complexity index is 656. The largest absolute Gasteiger partial charge is 0.759 e. The van der Waals surface area contributed by atoms with Gasteiger partial charge in [0.25, 0.3) is 0 Å². The van der Waals surface area contributed by atoms with Gasteiger partial charge in [-0.25, -0.2) is 18.3 Å². The quantitative estimate of drug-likeness (QED) is 0.382.